The van der Waals surface area contributed by atoms with E-state index in [-0.39, 0.29) is 5.17 Å². The van der Waals surface area contributed by atoms with Crippen molar-refractivity contribution in [2.45, 2.75) is 31.7 Å². The first-order chi connectivity index (χ1) is 6.65. The van der Waals surface area contributed by atoms with E-state index in [4.69, 9.17) is 23.4 Å². The first kappa shape index (κ1) is 10.2. The first-order valence-electron chi connectivity index (χ1n) is 4.97. The molecule has 0 radical (unpaired) electrons. The maximum atomic E-state index is 7.12. The summed E-state index contributed by atoms with van der Waals surface area (Å²) in [5, 5.41) is 10.5. The average molecular weight is 229 g/mol. The number of hydrogen-bond donors (Lipinski definition) is 3. The summed E-state index contributed by atoms with van der Waals surface area (Å²) in [6.45, 7) is 0. The highest BCUT2D eigenvalue weighted by Gasteiger charge is 2.39. The first-order valence-corrected chi connectivity index (χ1v) is 6.20. The van der Waals surface area contributed by atoms with E-state index in [1.54, 1.807) is 0 Å². The Kier molecular flexibility index (Phi) is 2.97. The van der Waals surface area contributed by atoms with Crippen molar-refractivity contribution in [2.24, 2.45) is 17.6 Å². The van der Waals surface area contributed by atoms with Gasteiger partial charge in [-0.2, -0.15) is 0 Å². The Morgan fingerprint density at radius 3 is 2.71 bits per heavy atom. The number of rotatable bonds is 1. The summed E-state index contributed by atoms with van der Waals surface area (Å²) in [7, 11) is 0. The summed E-state index contributed by atoms with van der Waals surface area (Å²) in [6, 6.07) is 0.549. The van der Waals surface area contributed by atoms with E-state index in [1.807, 2.05) is 0 Å². The fourth-order valence-electron chi connectivity index (χ4n) is 2.70. The number of thioether (sulfide) groups is 1. The van der Waals surface area contributed by atoms with Gasteiger partial charge in [0.1, 0.15) is 4.32 Å². The number of hydrogen-bond acceptors (Lipinski definition) is 3. The number of thiocarbonyl (C=S) groups is 1. The summed E-state index contributed by atoms with van der Waals surface area (Å²) in [4.78, 5) is 0. The molecule has 78 valence electrons. The fraction of sp³-hybridized carbons (Fsp3) is 0.778. The van der Waals surface area contributed by atoms with Gasteiger partial charge in [-0.05, 0) is 42.9 Å². The predicted molar refractivity (Wildman–Crippen MR) is 64.5 cm³/mol. The molecule has 0 aromatic rings. The molecule has 4 N–H and O–H groups in total. The van der Waals surface area contributed by atoms with Crippen molar-refractivity contribution in [2.75, 3.05) is 0 Å². The third-order valence-electron chi connectivity index (χ3n) is 3.24. The minimum Gasteiger partial charge on any atom is -0.378 e. The molecule has 2 bridgehead atoms. The highest BCUT2D eigenvalue weighted by atomic mass is 32.2. The van der Waals surface area contributed by atoms with Gasteiger partial charge < -0.3 is 11.1 Å². The molecule has 3 atom stereocenters. The molecule has 2 fully saturated rings. The van der Waals surface area contributed by atoms with Crippen LogP contribution in [0.5, 0.6) is 0 Å². The van der Waals surface area contributed by atoms with Crippen LogP contribution < -0.4 is 11.1 Å². The maximum Gasteiger partial charge on any atom is 0.158 e. The molecule has 0 aromatic carbocycles. The predicted octanol–water partition coefficient (Wildman–Crippen LogP) is 1.68. The molecule has 0 saturated heterocycles. The Labute approximate surface area is 93.7 Å². The van der Waals surface area contributed by atoms with E-state index in [9.17, 15) is 0 Å². The molecule has 2 saturated carbocycles. The number of fused-ring (bicyclic) bond motifs is 2. The van der Waals surface area contributed by atoms with Crippen LogP contribution in [-0.4, -0.2) is 15.5 Å². The Hall–Kier alpha value is -0.290. The van der Waals surface area contributed by atoms with Gasteiger partial charge in [0.05, 0.1) is 0 Å². The molecular formula is C9H15N3S2. The van der Waals surface area contributed by atoms with Crippen LogP contribution in [-0.2, 0) is 0 Å². The molecule has 2 rings (SSSR count). The summed E-state index contributed by atoms with van der Waals surface area (Å²) >= 11 is 6.26. The third-order valence-corrected chi connectivity index (χ3v) is 4.14. The molecule has 14 heavy (non-hydrogen) atoms. The molecule has 0 aromatic heterocycles. The molecule has 0 aliphatic heterocycles. The number of amidine groups is 1. The summed E-state index contributed by atoms with van der Waals surface area (Å²) in [6.07, 6.45) is 5.36. The van der Waals surface area contributed by atoms with E-state index in [1.165, 1.54) is 25.7 Å². The quantitative estimate of drug-likeness (QED) is 0.364. The van der Waals surface area contributed by atoms with E-state index in [2.05, 4.69) is 5.32 Å². The lowest BCUT2D eigenvalue weighted by Crippen LogP contribution is -2.37. The second-order valence-electron chi connectivity index (χ2n) is 4.18. The van der Waals surface area contributed by atoms with Crippen molar-refractivity contribution in [3.8, 4) is 0 Å². The van der Waals surface area contributed by atoms with Crippen molar-refractivity contribution >= 4 is 33.5 Å². The van der Waals surface area contributed by atoms with Gasteiger partial charge in [-0.3, -0.25) is 5.41 Å². The molecule has 2 aliphatic carbocycles. The van der Waals surface area contributed by atoms with Gasteiger partial charge in [-0.15, -0.1) is 0 Å². The summed E-state index contributed by atoms with van der Waals surface area (Å²) < 4.78 is 0.662. The van der Waals surface area contributed by atoms with Crippen LogP contribution in [0.15, 0.2) is 0 Å². The van der Waals surface area contributed by atoms with Crippen molar-refractivity contribution in [3.05, 3.63) is 0 Å². The zero-order valence-corrected chi connectivity index (χ0v) is 9.59. The zero-order chi connectivity index (χ0) is 10.1. The van der Waals surface area contributed by atoms with E-state index >= 15 is 0 Å². The highest BCUT2D eigenvalue weighted by molar-refractivity contribution is 8.32. The van der Waals surface area contributed by atoms with Crippen LogP contribution in [0.4, 0.5) is 0 Å². The van der Waals surface area contributed by atoms with Gasteiger partial charge in [0.25, 0.3) is 0 Å². The standard InChI is InChI=1S/C9H15N3S2/c10-8(11)14-9(13)12-7-4-5-1-2-6(7)3-5/h5-7H,1-4H2,(H3,10,11)(H,12,13). The largest absolute Gasteiger partial charge is 0.378 e. The minimum absolute atomic E-state index is 0.0747. The maximum absolute atomic E-state index is 7.12. The Morgan fingerprint density at radius 1 is 1.43 bits per heavy atom. The van der Waals surface area contributed by atoms with Crippen LogP contribution in [0.3, 0.4) is 0 Å². The molecule has 0 spiro atoms. The molecule has 5 heteroatoms. The summed E-state index contributed by atoms with van der Waals surface area (Å²) in [5.74, 6) is 1.73. The molecule has 2 aliphatic rings. The second kappa shape index (κ2) is 4.06. The molecule has 0 amide bonds. The van der Waals surface area contributed by atoms with Crippen molar-refractivity contribution in [1.29, 1.82) is 5.41 Å². The van der Waals surface area contributed by atoms with Gasteiger partial charge in [-0.1, -0.05) is 18.6 Å². The van der Waals surface area contributed by atoms with E-state index < -0.39 is 0 Å². The highest BCUT2D eigenvalue weighted by Crippen LogP contribution is 2.44. The normalized spacial score (nSPS) is 34.4. The van der Waals surface area contributed by atoms with Gasteiger partial charge in [0.15, 0.2) is 5.17 Å². The smallest absolute Gasteiger partial charge is 0.158 e. The average Bonchev–Trinajstić information content (AvgIpc) is 2.62. The second-order valence-corrected chi connectivity index (χ2v) is 5.90. The Morgan fingerprint density at radius 2 is 2.21 bits per heavy atom. The van der Waals surface area contributed by atoms with Gasteiger partial charge in [-0.25, -0.2) is 0 Å². The van der Waals surface area contributed by atoms with Gasteiger partial charge >= 0.3 is 0 Å². The minimum atomic E-state index is 0.0747. The van der Waals surface area contributed by atoms with Crippen LogP contribution >= 0.6 is 24.0 Å². The topological polar surface area (TPSA) is 61.9 Å². The lowest BCUT2D eigenvalue weighted by Gasteiger charge is -2.23. The van der Waals surface area contributed by atoms with Crippen molar-refractivity contribution < 1.29 is 0 Å². The molecule has 0 heterocycles. The van der Waals surface area contributed by atoms with Crippen LogP contribution in [0.1, 0.15) is 25.7 Å². The molecule has 3 nitrogen and oxygen atoms in total. The zero-order valence-electron chi connectivity index (χ0n) is 7.95. The Bertz CT molecular complexity index is 267. The Balaban J connectivity index is 1.81. The van der Waals surface area contributed by atoms with Gasteiger partial charge in [0, 0.05) is 6.04 Å². The molecular weight excluding hydrogens is 214 g/mol. The van der Waals surface area contributed by atoms with E-state index in [0.717, 1.165) is 23.6 Å². The fourth-order valence-corrected chi connectivity index (χ4v) is 3.53. The number of nitrogens with one attached hydrogen (secondary N) is 2. The summed E-state index contributed by atoms with van der Waals surface area (Å²) in [5.41, 5.74) is 5.26. The van der Waals surface area contributed by atoms with Crippen molar-refractivity contribution in [1.82, 2.24) is 5.32 Å². The lowest BCUT2D eigenvalue weighted by atomic mass is 9.96. The third kappa shape index (κ3) is 2.20. The van der Waals surface area contributed by atoms with E-state index in [0.29, 0.717) is 10.4 Å². The molecule has 3 unspecified atom stereocenters. The van der Waals surface area contributed by atoms with Crippen LogP contribution in [0, 0.1) is 17.2 Å². The lowest BCUT2D eigenvalue weighted by molar-refractivity contribution is 0.393. The van der Waals surface area contributed by atoms with Gasteiger partial charge in [0.2, 0.25) is 0 Å². The van der Waals surface area contributed by atoms with Crippen LogP contribution in [0.25, 0.3) is 0 Å². The monoisotopic (exact) mass is 229 g/mol. The van der Waals surface area contributed by atoms with Crippen molar-refractivity contribution in [3.63, 3.8) is 0 Å². The number of nitrogens with two attached hydrogens (primary N) is 1. The van der Waals surface area contributed by atoms with Crippen LogP contribution in [0.2, 0.25) is 0 Å². The SMILES string of the molecule is N=C(N)SC(=S)NC1CC2CCC1C2.